The Morgan fingerprint density at radius 3 is 2.39 bits per heavy atom. The van der Waals surface area contributed by atoms with Crippen LogP contribution in [0.5, 0.6) is 5.75 Å². The van der Waals surface area contributed by atoms with Crippen LogP contribution < -0.4 is 9.64 Å². The van der Waals surface area contributed by atoms with Crippen LogP contribution in [0.3, 0.4) is 0 Å². The fourth-order valence-corrected chi connectivity index (χ4v) is 4.45. The van der Waals surface area contributed by atoms with Gasteiger partial charge in [-0.3, -0.25) is 4.79 Å². The van der Waals surface area contributed by atoms with Crippen molar-refractivity contribution in [1.82, 2.24) is 19.7 Å². The number of anilines is 1. The third-order valence-corrected chi connectivity index (χ3v) is 6.53. The molecule has 1 fully saturated rings. The van der Waals surface area contributed by atoms with Crippen LogP contribution in [0.15, 0.2) is 59.8 Å². The van der Waals surface area contributed by atoms with Crippen molar-refractivity contribution in [3.63, 3.8) is 0 Å². The van der Waals surface area contributed by atoms with Crippen molar-refractivity contribution >= 4 is 23.4 Å². The summed E-state index contributed by atoms with van der Waals surface area (Å²) in [5.41, 5.74) is 2.35. The number of methoxy groups -OCH3 is 1. The fourth-order valence-electron chi connectivity index (χ4n) is 3.62. The molecule has 0 spiro atoms. The average molecular weight is 438 g/mol. The highest BCUT2D eigenvalue weighted by molar-refractivity contribution is 7.99. The van der Waals surface area contributed by atoms with Crippen LogP contribution in [-0.2, 0) is 18.3 Å². The van der Waals surface area contributed by atoms with E-state index >= 15 is 0 Å². The van der Waals surface area contributed by atoms with Gasteiger partial charge in [0.05, 0.1) is 12.9 Å². The molecule has 2 heterocycles. The first-order chi connectivity index (χ1) is 15.1. The molecule has 1 aromatic heterocycles. The van der Waals surface area contributed by atoms with Crippen molar-refractivity contribution in [2.24, 2.45) is 7.05 Å². The zero-order valence-corrected chi connectivity index (χ0v) is 18.7. The Hall–Kier alpha value is -3.00. The minimum atomic E-state index is 0.150. The highest BCUT2D eigenvalue weighted by atomic mass is 32.2. The van der Waals surface area contributed by atoms with Crippen molar-refractivity contribution in [3.8, 4) is 5.75 Å². The number of amides is 1. The summed E-state index contributed by atoms with van der Waals surface area (Å²) in [5, 5.41) is 9.37. The molecule has 2 aromatic carbocycles. The summed E-state index contributed by atoms with van der Waals surface area (Å²) < 4.78 is 7.17. The van der Waals surface area contributed by atoms with E-state index in [1.165, 1.54) is 17.4 Å². The van der Waals surface area contributed by atoms with Gasteiger partial charge in [0, 0.05) is 45.3 Å². The van der Waals surface area contributed by atoms with E-state index in [1.807, 2.05) is 59.0 Å². The minimum Gasteiger partial charge on any atom is -0.497 e. The number of hydrogen-bond acceptors (Lipinski definition) is 6. The van der Waals surface area contributed by atoms with Gasteiger partial charge >= 0.3 is 0 Å². The SMILES string of the molecule is COc1ccc(Cc2nnc(SCC(=O)N3CCN(c4ccccc4)CC3)n2C)cc1. The Kier molecular flexibility index (Phi) is 6.76. The number of rotatable bonds is 7. The highest BCUT2D eigenvalue weighted by Gasteiger charge is 2.22. The summed E-state index contributed by atoms with van der Waals surface area (Å²) in [5.74, 6) is 2.23. The molecule has 0 unspecified atom stereocenters. The van der Waals surface area contributed by atoms with Crippen molar-refractivity contribution in [2.45, 2.75) is 11.6 Å². The molecule has 0 saturated carbocycles. The van der Waals surface area contributed by atoms with E-state index < -0.39 is 0 Å². The molecule has 7 nitrogen and oxygen atoms in total. The van der Waals surface area contributed by atoms with Crippen molar-refractivity contribution < 1.29 is 9.53 Å². The second-order valence-electron chi connectivity index (χ2n) is 7.47. The van der Waals surface area contributed by atoms with Crippen LogP contribution in [0, 0.1) is 0 Å². The zero-order chi connectivity index (χ0) is 21.6. The lowest BCUT2D eigenvalue weighted by atomic mass is 10.1. The summed E-state index contributed by atoms with van der Waals surface area (Å²) in [6, 6.07) is 18.3. The molecule has 1 saturated heterocycles. The molecule has 0 aliphatic carbocycles. The van der Waals surface area contributed by atoms with Gasteiger partial charge in [0.25, 0.3) is 0 Å². The van der Waals surface area contributed by atoms with Crippen LogP contribution in [0.25, 0.3) is 0 Å². The molecule has 162 valence electrons. The van der Waals surface area contributed by atoms with Crippen molar-refractivity contribution in [1.29, 1.82) is 0 Å². The summed E-state index contributed by atoms with van der Waals surface area (Å²) in [6.07, 6.45) is 0.684. The average Bonchev–Trinajstić information content (AvgIpc) is 3.17. The Labute approximate surface area is 187 Å². The number of hydrogen-bond donors (Lipinski definition) is 0. The van der Waals surface area contributed by atoms with Gasteiger partial charge in [-0.1, -0.05) is 42.1 Å². The van der Waals surface area contributed by atoms with Gasteiger partial charge in [-0.2, -0.15) is 0 Å². The summed E-state index contributed by atoms with van der Waals surface area (Å²) >= 11 is 1.45. The van der Waals surface area contributed by atoms with Crippen LogP contribution in [0.4, 0.5) is 5.69 Å². The molecule has 3 aromatic rings. The normalized spacial score (nSPS) is 14.0. The van der Waals surface area contributed by atoms with Crippen LogP contribution in [0.2, 0.25) is 0 Å². The Morgan fingerprint density at radius 1 is 1.00 bits per heavy atom. The standard InChI is InChI=1S/C23H27N5O2S/c1-26-21(16-18-8-10-20(30-2)11-9-18)24-25-23(26)31-17-22(29)28-14-12-27(13-15-28)19-6-4-3-5-7-19/h3-11H,12-17H2,1-2H3. The van der Waals surface area contributed by atoms with E-state index in [1.54, 1.807) is 7.11 Å². The molecular weight excluding hydrogens is 410 g/mol. The van der Waals surface area contributed by atoms with E-state index in [9.17, 15) is 4.79 Å². The second-order valence-corrected chi connectivity index (χ2v) is 8.42. The number of piperazine rings is 1. The predicted octanol–water partition coefficient (Wildman–Crippen LogP) is 2.86. The van der Waals surface area contributed by atoms with Gasteiger partial charge in [0.15, 0.2) is 5.16 Å². The van der Waals surface area contributed by atoms with Gasteiger partial charge < -0.3 is 19.1 Å². The second kappa shape index (κ2) is 9.87. The van der Waals surface area contributed by atoms with E-state index in [2.05, 4.69) is 27.2 Å². The van der Waals surface area contributed by atoms with Crippen molar-refractivity contribution in [3.05, 3.63) is 66.0 Å². The van der Waals surface area contributed by atoms with E-state index in [0.29, 0.717) is 12.2 Å². The highest BCUT2D eigenvalue weighted by Crippen LogP contribution is 2.20. The van der Waals surface area contributed by atoms with E-state index in [4.69, 9.17) is 4.74 Å². The topological polar surface area (TPSA) is 63.5 Å². The maximum Gasteiger partial charge on any atom is 0.233 e. The molecule has 0 atom stereocenters. The Morgan fingerprint density at radius 2 is 1.71 bits per heavy atom. The first-order valence-corrected chi connectivity index (χ1v) is 11.3. The Bertz CT molecular complexity index is 999. The minimum absolute atomic E-state index is 0.150. The number of carbonyl (C=O) groups is 1. The first-order valence-electron chi connectivity index (χ1n) is 10.4. The maximum atomic E-state index is 12.7. The van der Waals surface area contributed by atoms with E-state index in [0.717, 1.165) is 48.5 Å². The smallest absolute Gasteiger partial charge is 0.233 e. The Balaban J connectivity index is 1.28. The number of nitrogens with zero attached hydrogens (tertiary/aromatic N) is 5. The number of carbonyl (C=O) groups excluding carboxylic acids is 1. The largest absolute Gasteiger partial charge is 0.497 e. The number of ether oxygens (including phenoxy) is 1. The predicted molar refractivity (Wildman–Crippen MR) is 123 cm³/mol. The quantitative estimate of drug-likeness (QED) is 0.530. The number of benzene rings is 2. The summed E-state index contributed by atoms with van der Waals surface area (Å²) in [7, 11) is 3.61. The molecular formula is C23H27N5O2S. The molecule has 31 heavy (non-hydrogen) atoms. The van der Waals surface area contributed by atoms with Crippen LogP contribution >= 0.6 is 11.8 Å². The molecule has 1 aliphatic heterocycles. The van der Waals surface area contributed by atoms with Crippen LogP contribution in [0.1, 0.15) is 11.4 Å². The summed E-state index contributed by atoms with van der Waals surface area (Å²) in [4.78, 5) is 17.0. The number of para-hydroxylation sites is 1. The lowest BCUT2D eigenvalue weighted by Gasteiger charge is -2.36. The van der Waals surface area contributed by atoms with Crippen molar-refractivity contribution in [2.75, 3.05) is 43.9 Å². The monoisotopic (exact) mass is 437 g/mol. The lowest BCUT2D eigenvalue weighted by Crippen LogP contribution is -2.49. The third-order valence-electron chi connectivity index (χ3n) is 5.52. The van der Waals surface area contributed by atoms with Gasteiger partial charge in [0.1, 0.15) is 11.6 Å². The third kappa shape index (κ3) is 5.19. The molecule has 0 bridgehead atoms. The molecule has 8 heteroatoms. The lowest BCUT2D eigenvalue weighted by molar-refractivity contribution is -0.128. The first kappa shape index (κ1) is 21.2. The van der Waals surface area contributed by atoms with Gasteiger partial charge in [0.2, 0.25) is 5.91 Å². The zero-order valence-electron chi connectivity index (χ0n) is 17.9. The maximum absolute atomic E-state index is 12.7. The fraction of sp³-hybridized carbons (Fsp3) is 0.348. The molecule has 0 radical (unpaired) electrons. The van der Waals surface area contributed by atoms with Gasteiger partial charge in [-0.25, -0.2) is 0 Å². The molecule has 1 aliphatic rings. The van der Waals surface area contributed by atoms with Gasteiger partial charge in [-0.15, -0.1) is 10.2 Å². The summed E-state index contributed by atoms with van der Waals surface area (Å²) in [6.45, 7) is 3.21. The van der Waals surface area contributed by atoms with Crippen LogP contribution in [-0.4, -0.2) is 64.6 Å². The number of thioether (sulfide) groups is 1. The molecule has 4 rings (SSSR count). The van der Waals surface area contributed by atoms with E-state index in [-0.39, 0.29) is 5.91 Å². The number of aromatic nitrogens is 3. The molecule has 0 N–H and O–H groups in total. The van der Waals surface area contributed by atoms with Gasteiger partial charge in [-0.05, 0) is 29.8 Å². The molecule has 1 amide bonds.